The van der Waals surface area contributed by atoms with Gasteiger partial charge in [-0.15, -0.1) is 28.3 Å². The molecule has 4 nitrogen and oxygen atoms in total. The molecular weight excluding hydrogens is 924 g/mol. The maximum Gasteiger partial charge on any atom is 0.135 e. The normalized spacial score (nSPS) is 13.5. The number of anilines is 3. The Morgan fingerprint density at radius 2 is 1.11 bits per heavy atom. The van der Waals surface area contributed by atoms with Gasteiger partial charge in [0.15, 0.2) is 0 Å². The zero-order chi connectivity index (χ0) is 42.2. The first-order valence-corrected chi connectivity index (χ1v) is 21.2. The standard InChI is InChI=1S/C56H55N4.Pt/c1-53(2,3)40-26-28-49-51(34-40)58(10)37-59(49)45-32-43(55(7,8)9)31-44(33-45)56(38-19-13-11-14-20-38,39-21-15-12-16-22-39)42-25-27-47-46-23-17-18-24-48(46)60(50(47)35-42)52-36-41(29-30-57-52)54(4,5)6;/h11-32,34,36-37H,1-10H3;/q-3;. The number of para-hydroxylation sites is 1. The van der Waals surface area contributed by atoms with Gasteiger partial charge in [0.25, 0.3) is 0 Å². The van der Waals surface area contributed by atoms with Crippen LogP contribution in [0.3, 0.4) is 0 Å². The molecule has 1 aliphatic heterocycles. The predicted molar refractivity (Wildman–Crippen MR) is 252 cm³/mol. The summed E-state index contributed by atoms with van der Waals surface area (Å²) in [5.41, 5.74) is 12.6. The van der Waals surface area contributed by atoms with Gasteiger partial charge in [-0.25, -0.2) is 4.98 Å². The zero-order valence-corrected chi connectivity index (χ0v) is 39.3. The summed E-state index contributed by atoms with van der Waals surface area (Å²) >= 11 is 0. The first-order valence-electron chi connectivity index (χ1n) is 21.2. The Morgan fingerprint density at radius 1 is 0.508 bits per heavy atom. The van der Waals surface area contributed by atoms with Gasteiger partial charge < -0.3 is 14.4 Å². The summed E-state index contributed by atoms with van der Waals surface area (Å²) < 4.78 is 2.31. The van der Waals surface area contributed by atoms with Gasteiger partial charge in [-0.3, -0.25) is 0 Å². The molecular formula is C56H55N4Pt-3. The minimum Gasteiger partial charge on any atom is -0.504 e. The van der Waals surface area contributed by atoms with Crippen molar-refractivity contribution in [2.45, 2.75) is 84.0 Å². The molecule has 0 atom stereocenters. The minimum absolute atomic E-state index is 0. The molecule has 0 radical (unpaired) electrons. The molecule has 8 aromatic rings. The smallest absolute Gasteiger partial charge is 0.135 e. The largest absolute Gasteiger partial charge is 0.504 e. The number of rotatable bonds is 6. The Hall–Kier alpha value is -5.44. The summed E-state index contributed by atoms with van der Waals surface area (Å²) in [6.07, 6.45) is 1.95. The van der Waals surface area contributed by atoms with Crippen LogP contribution in [0.4, 0.5) is 17.1 Å². The second-order valence-corrected chi connectivity index (χ2v) is 19.6. The summed E-state index contributed by atoms with van der Waals surface area (Å²) in [5, 5.41) is 2.32. The van der Waals surface area contributed by atoms with E-state index >= 15 is 0 Å². The molecule has 2 aromatic heterocycles. The van der Waals surface area contributed by atoms with Gasteiger partial charge in [0.2, 0.25) is 0 Å². The van der Waals surface area contributed by atoms with Crippen LogP contribution in [0.15, 0.2) is 146 Å². The second-order valence-electron chi connectivity index (χ2n) is 19.6. The van der Waals surface area contributed by atoms with Crippen LogP contribution in [-0.2, 0) is 42.7 Å². The maximum absolute atomic E-state index is 5.02. The third-order valence-electron chi connectivity index (χ3n) is 12.4. The average molecular weight is 979 g/mol. The van der Waals surface area contributed by atoms with E-state index in [4.69, 9.17) is 4.98 Å². The topological polar surface area (TPSA) is 24.3 Å². The van der Waals surface area contributed by atoms with Gasteiger partial charge in [-0.05, 0) is 81.3 Å². The minimum atomic E-state index is -0.806. The Bertz CT molecular complexity index is 2830. The fraction of sp³-hybridized carbons (Fsp3) is 0.250. The quantitative estimate of drug-likeness (QED) is 0.123. The van der Waals surface area contributed by atoms with Crippen molar-refractivity contribution in [2.24, 2.45) is 0 Å². The third-order valence-corrected chi connectivity index (χ3v) is 12.4. The molecule has 0 amide bonds. The molecule has 61 heavy (non-hydrogen) atoms. The van der Waals surface area contributed by atoms with Crippen LogP contribution in [0.5, 0.6) is 0 Å². The van der Waals surface area contributed by atoms with Crippen LogP contribution in [0.1, 0.15) is 101 Å². The molecule has 0 aliphatic carbocycles. The van der Waals surface area contributed by atoms with Crippen molar-refractivity contribution < 1.29 is 21.1 Å². The third kappa shape index (κ3) is 7.31. The van der Waals surface area contributed by atoms with E-state index in [1.165, 1.54) is 27.8 Å². The second kappa shape index (κ2) is 15.5. The van der Waals surface area contributed by atoms with Crippen molar-refractivity contribution in [1.29, 1.82) is 0 Å². The summed E-state index contributed by atoms with van der Waals surface area (Å²) in [7, 11) is 2.15. The fourth-order valence-electron chi connectivity index (χ4n) is 8.95. The van der Waals surface area contributed by atoms with Crippen molar-refractivity contribution >= 4 is 38.9 Å². The van der Waals surface area contributed by atoms with E-state index in [2.05, 4.69) is 242 Å². The van der Waals surface area contributed by atoms with Crippen molar-refractivity contribution in [3.63, 3.8) is 0 Å². The van der Waals surface area contributed by atoms with Crippen LogP contribution in [0, 0.1) is 18.8 Å². The summed E-state index contributed by atoms with van der Waals surface area (Å²) in [6, 6.07) is 59.5. The Balaban J connectivity index is 0.00000514. The fourth-order valence-corrected chi connectivity index (χ4v) is 8.95. The summed E-state index contributed by atoms with van der Waals surface area (Å²) in [5.74, 6) is 0.887. The van der Waals surface area contributed by atoms with Gasteiger partial charge in [0.1, 0.15) is 5.82 Å². The first-order chi connectivity index (χ1) is 28.5. The molecule has 0 N–H and O–H groups in total. The van der Waals surface area contributed by atoms with Crippen LogP contribution in [0.25, 0.3) is 27.6 Å². The van der Waals surface area contributed by atoms with Gasteiger partial charge in [0.05, 0.1) is 0 Å². The van der Waals surface area contributed by atoms with Crippen molar-refractivity contribution in [3.8, 4) is 5.82 Å². The monoisotopic (exact) mass is 978 g/mol. The summed E-state index contributed by atoms with van der Waals surface area (Å²) in [6.45, 7) is 22.7. The molecule has 6 aromatic carbocycles. The Labute approximate surface area is 377 Å². The van der Waals surface area contributed by atoms with E-state index in [1.54, 1.807) is 0 Å². The number of hydrogen-bond donors (Lipinski definition) is 0. The number of pyridine rings is 1. The van der Waals surface area contributed by atoms with Crippen molar-refractivity contribution in [1.82, 2.24) is 9.55 Å². The van der Waals surface area contributed by atoms with E-state index in [-0.39, 0.29) is 37.3 Å². The number of hydrogen-bond acceptors (Lipinski definition) is 3. The van der Waals surface area contributed by atoms with Gasteiger partial charge >= 0.3 is 0 Å². The molecule has 312 valence electrons. The Kier molecular flexibility index (Phi) is 10.7. The van der Waals surface area contributed by atoms with E-state index in [9.17, 15) is 0 Å². The molecule has 1 aliphatic rings. The molecule has 5 heteroatoms. The van der Waals surface area contributed by atoms with Gasteiger partial charge in [-0.1, -0.05) is 153 Å². The SMILES string of the molecule is CN1[CH-]N(c2[c-]c(C(c3[c-]c4c(cc3)c3ccccc3n4-c3cc(C(C)(C)C)ccn3)(c3ccccc3)c3ccccc3)cc(C(C)(C)C)c2)c2ccc(C(C)(C)C)cc21.[Pt]. The van der Waals surface area contributed by atoms with Crippen LogP contribution in [0.2, 0.25) is 0 Å². The number of benzene rings is 6. The number of fused-ring (bicyclic) bond motifs is 4. The predicted octanol–water partition coefficient (Wildman–Crippen LogP) is 13.8. The molecule has 9 rings (SSSR count). The van der Waals surface area contributed by atoms with E-state index in [1.807, 2.05) is 6.20 Å². The van der Waals surface area contributed by atoms with E-state index in [0.717, 1.165) is 55.9 Å². The van der Waals surface area contributed by atoms with Crippen molar-refractivity contribution in [3.05, 3.63) is 203 Å². The molecule has 0 saturated carbocycles. The first kappa shape index (κ1) is 42.3. The van der Waals surface area contributed by atoms with Crippen molar-refractivity contribution in [2.75, 3.05) is 16.8 Å². The van der Waals surface area contributed by atoms with E-state index in [0.29, 0.717) is 0 Å². The molecule has 0 fully saturated rings. The maximum atomic E-state index is 5.02. The van der Waals surface area contributed by atoms with Gasteiger partial charge in [0, 0.05) is 49.6 Å². The van der Waals surface area contributed by atoms with Crippen LogP contribution >= 0.6 is 0 Å². The average Bonchev–Trinajstić information content (AvgIpc) is 3.75. The zero-order valence-electron chi connectivity index (χ0n) is 37.0. The number of nitrogens with zero attached hydrogens (tertiary/aromatic N) is 4. The van der Waals surface area contributed by atoms with Crippen LogP contribution < -0.4 is 9.80 Å². The molecule has 0 unspecified atom stereocenters. The Morgan fingerprint density at radius 3 is 1.75 bits per heavy atom. The number of aromatic nitrogens is 2. The molecule has 0 bridgehead atoms. The molecule has 3 heterocycles. The van der Waals surface area contributed by atoms with Gasteiger partial charge in [-0.2, -0.15) is 42.6 Å². The molecule has 0 spiro atoms. The van der Waals surface area contributed by atoms with E-state index < -0.39 is 5.41 Å². The summed E-state index contributed by atoms with van der Waals surface area (Å²) in [4.78, 5) is 9.59. The molecule has 0 saturated heterocycles. The van der Waals surface area contributed by atoms with Crippen LogP contribution in [-0.4, -0.2) is 16.6 Å².